The first kappa shape index (κ1) is 19.4. The molecule has 1 saturated carbocycles. The van der Waals surface area contributed by atoms with Crippen molar-refractivity contribution in [2.24, 2.45) is 0 Å². The zero-order chi connectivity index (χ0) is 19.8. The lowest BCUT2D eigenvalue weighted by Gasteiger charge is -2.42. The molecule has 0 unspecified atom stereocenters. The van der Waals surface area contributed by atoms with Gasteiger partial charge in [-0.3, -0.25) is 15.0 Å². The molecular formula is C19H27N3O5. The van der Waals surface area contributed by atoms with E-state index < -0.39 is 11.7 Å². The second kappa shape index (κ2) is 7.34. The van der Waals surface area contributed by atoms with E-state index in [1.807, 2.05) is 26.8 Å². The van der Waals surface area contributed by atoms with E-state index in [2.05, 4.69) is 4.90 Å². The Balaban J connectivity index is 1.75. The standard InChI is InChI=1S/C19H27N3O5/c1-19(2,3)27-18(24)21-9-8-20(11-15(21)12-23)14-6-7-17(22(25)26)16(10-14)13-4-5-13/h6-7,10,13,15,23H,4-5,8-9,11-12H2,1-3H3/t15-/m1/s1. The predicted molar refractivity (Wildman–Crippen MR) is 101 cm³/mol. The van der Waals surface area contributed by atoms with Gasteiger partial charge in [0.25, 0.3) is 5.69 Å². The van der Waals surface area contributed by atoms with Gasteiger partial charge < -0.3 is 14.7 Å². The second-order valence-electron chi connectivity index (χ2n) is 8.23. The van der Waals surface area contributed by atoms with Gasteiger partial charge >= 0.3 is 6.09 Å². The number of piperazine rings is 1. The molecule has 27 heavy (non-hydrogen) atoms. The van der Waals surface area contributed by atoms with Crippen molar-refractivity contribution in [3.8, 4) is 0 Å². The molecule has 0 aromatic heterocycles. The van der Waals surface area contributed by atoms with Gasteiger partial charge in [-0.25, -0.2) is 4.79 Å². The molecule has 2 aliphatic rings. The molecule has 1 aromatic carbocycles. The number of amides is 1. The molecule has 1 atom stereocenters. The fourth-order valence-electron chi connectivity index (χ4n) is 3.43. The molecule has 3 rings (SSSR count). The van der Waals surface area contributed by atoms with Crippen molar-refractivity contribution in [3.05, 3.63) is 33.9 Å². The lowest BCUT2D eigenvalue weighted by molar-refractivity contribution is -0.385. The Morgan fingerprint density at radius 3 is 2.59 bits per heavy atom. The molecule has 1 aromatic rings. The van der Waals surface area contributed by atoms with Crippen molar-refractivity contribution in [3.63, 3.8) is 0 Å². The third-order valence-corrected chi connectivity index (χ3v) is 4.91. The lowest BCUT2D eigenvalue weighted by Crippen LogP contribution is -2.57. The number of nitrogens with zero attached hydrogens (tertiary/aromatic N) is 3. The molecule has 1 saturated heterocycles. The van der Waals surface area contributed by atoms with Crippen molar-refractivity contribution < 1.29 is 19.6 Å². The maximum Gasteiger partial charge on any atom is 0.410 e. The smallest absolute Gasteiger partial charge is 0.410 e. The Morgan fingerprint density at radius 1 is 1.33 bits per heavy atom. The highest BCUT2D eigenvalue weighted by molar-refractivity contribution is 5.69. The number of carbonyl (C=O) groups excluding carboxylic acids is 1. The van der Waals surface area contributed by atoms with Crippen molar-refractivity contribution >= 4 is 17.5 Å². The van der Waals surface area contributed by atoms with Crippen LogP contribution < -0.4 is 4.90 Å². The summed E-state index contributed by atoms with van der Waals surface area (Å²) in [5, 5.41) is 21.1. The zero-order valence-electron chi connectivity index (χ0n) is 16.1. The number of anilines is 1. The van der Waals surface area contributed by atoms with Gasteiger partial charge in [0, 0.05) is 37.0 Å². The van der Waals surface area contributed by atoms with Crippen LogP contribution in [0.2, 0.25) is 0 Å². The number of aliphatic hydroxyl groups is 1. The van der Waals surface area contributed by atoms with Crippen molar-refractivity contribution in [1.82, 2.24) is 4.90 Å². The van der Waals surface area contributed by atoms with E-state index in [1.165, 1.54) is 0 Å². The van der Waals surface area contributed by atoms with Crippen LogP contribution in [-0.4, -0.2) is 58.9 Å². The first-order valence-electron chi connectivity index (χ1n) is 9.33. The van der Waals surface area contributed by atoms with E-state index in [9.17, 15) is 20.0 Å². The van der Waals surface area contributed by atoms with Crippen LogP contribution in [-0.2, 0) is 4.74 Å². The third kappa shape index (κ3) is 4.50. The summed E-state index contributed by atoms with van der Waals surface area (Å²) in [5.41, 5.74) is 1.26. The van der Waals surface area contributed by atoms with Gasteiger partial charge in [0.15, 0.2) is 0 Å². The van der Waals surface area contributed by atoms with Crippen molar-refractivity contribution in [1.29, 1.82) is 0 Å². The SMILES string of the molecule is CC(C)(C)OC(=O)N1CCN(c2ccc([N+](=O)[O-])c(C3CC3)c2)C[C@@H]1CO. The zero-order valence-corrected chi connectivity index (χ0v) is 16.1. The number of benzene rings is 1. The maximum atomic E-state index is 12.4. The monoisotopic (exact) mass is 377 g/mol. The molecule has 0 spiro atoms. The molecule has 8 nitrogen and oxygen atoms in total. The number of hydrogen-bond donors (Lipinski definition) is 1. The van der Waals surface area contributed by atoms with Gasteiger partial charge in [-0.2, -0.15) is 0 Å². The summed E-state index contributed by atoms with van der Waals surface area (Å²) < 4.78 is 5.43. The van der Waals surface area contributed by atoms with Gasteiger partial charge in [0.1, 0.15) is 5.60 Å². The Bertz CT molecular complexity index is 727. The second-order valence-corrected chi connectivity index (χ2v) is 8.23. The molecule has 0 radical (unpaired) electrons. The van der Waals surface area contributed by atoms with Crippen LogP contribution in [0.25, 0.3) is 0 Å². The van der Waals surface area contributed by atoms with Gasteiger partial charge in [0.2, 0.25) is 0 Å². The van der Waals surface area contributed by atoms with Crippen LogP contribution in [0.15, 0.2) is 18.2 Å². The van der Waals surface area contributed by atoms with Gasteiger partial charge in [-0.1, -0.05) is 0 Å². The fourth-order valence-corrected chi connectivity index (χ4v) is 3.43. The highest BCUT2D eigenvalue weighted by Gasteiger charge is 2.35. The van der Waals surface area contributed by atoms with E-state index in [-0.39, 0.29) is 29.2 Å². The quantitative estimate of drug-likeness (QED) is 0.640. The fraction of sp³-hybridized carbons (Fsp3) is 0.632. The third-order valence-electron chi connectivity index (χ3n) is 4.91. The van der Waals surface area contributed by atoms with Gasteiger partial charge in [-0.05, 0) is 51.7 Å². The molecule has 0 bridgehead atoms. The molecule has 2 fully saturated rings. The van der Waals surface area contributed by atoms with Crippen LogP contribution in [0.1, 0.15) is 45.1 Å². The summed E-state index contributed by atoms with van der Waals surface area (Å²) >= 11 is 0. The minimum atomic E-state index is -0.592. The molecule has 8 heteroatoms. The molecule has 1 aliphatic carbocycles. The lowest BCUT2D eigenvalue weighted by atomic mass is 10.1. The summed E-state index contributed by atoms with van der Waals surface area (Å²) in [6.07, 6.45) is 1.54. The van der Waals surface area contributed by atoms with E-state index in [4.69, 9.17) is 4.74 Å². The van der Waals surface area contributed by atoms with Crippen LogP contribution in [0.3, 0.4) is 0 Å². The minimum absolute atomic E-state index is 0.168. The number of carbonyl (C=O) groups is 1. The Kier molecular flexibility index (Phi) is 5.28. The Labute approximate surface area is 158 Å². The number of hydrogen-bond acceptors (Lipinski definition) is 6. The number of rotatable bonds is 4. The first-order chi connectivity index (χ1) is 12.7. The number of ether oxygens (including phenoxy) is 1. The highest BCUT2D eigenvalue weighted by Crippen LogP contribution is 2.45. The molecule has 1 amide bonds. The van der Waals surface area contributed by atoms with Crippen molar-refractivity contribution in [2.75, 3.05) is 31.1 Å². The number of aliphatic hydroxyl groups excluding tert-OH is 1. The van der Waals surface area contributed by atoms with Crippen LogP contribution in [0.5, 0.6) is 0 Å². The summed E-state index contributed by atoms with van der Waals surface area (Å²) in [5.74, 6) is 0.266. The maximum absolute atomic E-state index is 12.4. The topological polar surface area (TPSA) is 96.2 Å². The van der Waals surface area contributed by atoms with Crippen LogP contribution in [0, 0.1) is 10.1 Å². The Morgan fingerprint density at radius 2 is 2.04 bits per heavy atom. The molecule has 1 heterocycles. The van der Waals surface area contributed by atoms with Crippen LogP contribution >= 0.6 is 0 Å². The number of nitro groups is 1. The van der Waals surface area contributed by atoms with E-state index in [0.29, 0.717) is 19.6 Å². The van der Waals surface area contributed by atoms with Gasteiger partial charge in [0.05, 0.1) is 17.6 Å². The number of nitro benzene ring substituents is 1. The van der Waals surface area contributed by atoms with Crippen molar-refractivity contribution in [2.45, 2.75) is 51.2 Å². The van der Waals surface area contributed by atoms with E-state index in [0.717, 1.165) is 24.1 Å². The summed E-state index contributed by atoms with van der Waals surface area (Å²) in [6.45, 7) is 6.73. The van der Waals surface area contributed by atoms with Gasteiger partial charge in [-0.15, -0.1) is 0 Å². The predicted octanol–water partition coefficient (Wildman–Crippen LogP) is 2.89. The summed E-state index contributed by atoms with van der Waals surface area (Å²) in [4.78, 5) is 27.0. The Hall–Kier alpha value is -2.35. The first-order valence-corrected chi connectivity index (χ1v) is 9.33. The van der Waals surface area contributed by atoms with Crippen LogP contribution in [0.4, 0.5) is 16.2 Å². The van der Waals surface area contributed by atoms with E-state index in [1.54, 1.807) is 17.0 Å². The average Bonchev–Trinajstić information content (AvgIpc) is 3.44. The minimum Gasteiger partial charge on any atom is -0.444 e. The van der Waals surface area contributed by atoms with E-state index >= 15 is 0 Å². The molecule has 1 N–H and O–H groups in total. The average molecular weight is 377 g/mol. The normalized spacial score (nSPS) is 20.5. The highest BCUT2D eigenvalue weighted by atomic mass is 16.6. The molecule has 1 aliphatic heterocycles. The summed E-state index contributed by atoms with van der Waals surface area (Å²) in [7, 11) is 0. The molecule has 148 valence electrons. The summed E-state index contributed by atoms with van der Waals surface area (Å²) in [6, 6.07) is 4.83. The molecular weight excluding hydrogens is 350 g/mol. The largest absolute Gasteiger partial charge is 0.444 e.